The summed E-state index contributed by atoms with van der Waals surface area (Å²) >= 11 is 1.79. The van der Waals surface area contributed by atoms with Gasteiger partial charge in [-0.3, -0.25) is 20.8 Å². The van der Waals surface area contributed by atoms with Gasteiger partial charge in [-0.1, -0.05) is 6.07 Å². The van der Waals surface area contributed by atoms with E-state index in [2.05, 4.69) is 5.43 Å². The first-order valence-corrected chi connectivity index (χ1v) is 7.34. The highest BCUT2D eigenvalue weighted by Crippen LogP contribution is 2.29. The van der Waals surface area contributed by atoms with Crippen LogP contribution < -0.4 is 11.3 Å². The Kier molecular flexibility index (Phi) is 4.46. The summed E-state index contributed by atoms with van der Waals surface area (Å²) in [5.41, 5.74) is 2.39. The van der Waals surface area contributed by atoms with Crippen LogP contribution in [0.3, 0.4) is 0 Å². The fraction of sp³-hybridized carbons (Fsp3) is 0.417. The third kappa shape index (κ3) is 2.70. The van der Waals surface area contributed by atoms with Gasteiger partial charge in [-0.2, -0.15) is 11.8 Å². The molecular formula is C12H16N4O3S. The summed E-state index contributed by atoms with van der Waals surface area (Å²) in [4.78, 5) is 24.7. The molecular weight excluding hydrogens is 280 g/mol. The van der Waals surface area contributed by atoms with Crippen molar-refractivity contribution >= 4 is 29.0 Å². The van der Waals surface area contributed by atoms with Crippen molar-refractivity contribution in [3.63, 3.8) is 0 Å². The normalized spacial score (nSPS) is 18.7. The number of nitrogen functional groups attached to an aromatic ring is 1. The maximum Gasteiger partial charge on any atom is 0.294 e. The predicted octanol–water partition coefficient (Wildman–Crippen LogP) is 1.46. The van der Waals surface area contributed by atoms with Crippen molar-refractivity contribution in [1.82, 2.24) is 4.90 Å². The first-order valence-electron chi connectivity index (χ1n) is 6.19. The van der Waals surface area contributed by atoms with Crippen LogP contribution in [0.1, 0.15) is 17.3 Å². The zero-order chi connectivity index (χ0) is 14.7. The number of benzene rings is 1. The van der Waals surface area contributed by atoms with E-state index in [4.69, 9.17) is 5.84 Å². The molecule has 1 saturated heterocycles. The number of para-hydroxylation sites is 1. The Morgan fingerprint density at radius 3 is 2.95 bits per heavy atom. The minimum Gasteiger partial charge on any atom is -0.334 e. The monoisotopic (exact) mass is 296 g/mol. The molecule has 0 spiro atoms. The van der Waals surface area contributed by atoms with Crippen LogP contribution in [0.2, 0.25) is 0 Å². The Balaban J connectivity index is 2.39. The minimum absolute atomic E-state index is 0.0629. The molecule has 7 nitrogen and oxygen atoms in total. The Morgan fingerprint density at radius 1 is 1.60 bits per heavy atom. The molecule has 0 aliphatic carbocycles. The molecule has 1 aromatic rings. The Morgan fingerprint density at radius 2 is 2.35 bits per heavy atom. The van der Waals surface area contributed by atoms with Gasteiger partial charge >= 0.3 is 0 Å². The number of nitrogens with one attached hydrogen (secondary N) is 1. The van der Waals surface area contributed by atoms with Gasteiger partial charge in [0.2, 0.25) is 0 Å². The summed E-state index contributed by atoms with van der Waals surface area (Å²) in [5.74, 6) is 6.87. The largest absolute Gasteiger partial charge is 0.334 e. The number of nitro benzene ring substituents is 1. The van der Waals surface area contributed by atoms with Gasteiger partial charge in [0, 0.05) is 30.2 Å². The quantitative estimate of drug-likeness (QED) is 0.497. The van der Waals surface area contributed by atoms with Crippen LogP contribution in [0, 0.1) is 10.1 Å². The van der Waals surface area contributed by atoms with Gasteiger partial charge < -0.3 is 10.3 Å². The number of carbonyl (C=O) groups excluding carboxylic acids is 1. The Labute approximate surface area is 120 Å². The van der Waals surface area contributed by atoms with Gasteiger partial charge in [-0.15, -0.1) is 0 Å². The number of hydrogen-bond donors (Lipinski definition) is 2. The Hall–Kier alpha value is -1.80. The number of hydrazine groups is 1. The van der Waals surface area contributed by atoms with Crippen molar-refractivity contribution in [1.29, 1.82) is 0 Å². The van der Waals surface area contributed by atoms with Gasteiger partial charge in [0.25, 0.3) is 11.6 Å². The zero-order valence-electron chi connectivity index (χ0n) is 11.0. The van der Waals surface area contributed by atoms with Gasteiger partial charge in [-0.05, 0) is 13.0 Å². The number of hydrogen-bond acceptors (Lipinski definition) is 6. The van der Waals surface area contributed by atoms with Gasteiger partial charge in [0.15, 0.2) is 0 Å². The molecule has 1 heterocycles. The molecule has 0 aromatic heterocycles. The van der Waals surface area contributed by atoms with E-state index in [0.717, 1.165) is 11.5 Å². The smallest absolute Gasteiger partial charge is 0.294 e. The number of rotatable bonds is 3. The van der Waals surface area contributed by atoms with Crippen LogP contribution in [0.15, 0.2) is 18.2 Å². The number of nitro groups is 1. The molecule has 0 saturated carbocycles. The van der Waals surface area contributed by atoms with Gasteiger partial charge in [0.1, 0.15) is 5.69 Å². The van der Waals surface area contributed by atoms with E-state index in [0.29, 0.717) is 6.54 Å². The van der Waals surface area contributed by atoms with Crippen LogP contribution >= 0.6 is 11.8 Å². The van der Waals surface area contributed by atoms with E-state index >= 15 is 0 Å². The summed E-state index contributed by atoms with van der Waals surface area (Å²) in [5, 5.41) is 11.0. The topological polar surface area (TPSA) is 102 Å². The molecule has 2 rings (SSSR count). The number of amides is 1. The third-order valence-electron chi connectivity index (χ3n) is 3.24. The van der Waals surface area contributed by atoms with Gasteiger partial charge in [-0.25, -0.2) is 0 Å². The molecule has 8 heteroatoms. The van der Waals surface area contributed by atoms with Crippen LogP contribution in [-0.4, -0.2) is 39.8 Å². The van der Waals surface area contributed by atoms with Crippen molar-refractivity contribution in [3.8, 4) is 0 Å². The Bertz CT molecular complexity index is 537. The lowest BCUT2D eigenvalue weighted by molar-refractivity contribution is -0.384. The number of carbonyl (C=O) groups is 1. The van der Waals surface area contributed by atoms with E-state index in [1.807, 2.05) is 6.92 Å². The highest BCUT2D eigenvalue weighted by molar-refractivity contribution is 7.99. The fourth-order valence-corrected chi connectivity index (χ4v) is 3.22. The van der Waals surface area contributed by atoms with Gasteiger partial charge in [0.05, 0.1) is 10.5 Å². The molecule has 1 unspecified atom stereocenters. The second-order valence-corrected chi connectivity index (χ2v) is 5.67. The molecule has 1 aliphatic rings. The molecule has 1 aliphatic heterocycles. The molecule has 0 bridgehead atoms. The molecule has 1 aromatic carbocycles. The average Bonchev–Trinajstić information content (AvgIpc) is 2.46. The lowest BCUT2D eigenvalue weighted by Gasteiger charge is -2.33. The maximum absolute atomic E-state index is 12.6. The molecule has 1 fully saturated rings. The maximum atomic E-state index is 12.6. The van der Waals surface area contributed by atoms with Crippen molar-refractivity contribution in [2.45, 2.75) is 13.0 Å². The summed E-state index contributed by atoms with van der Waals surface area (Å²) in [7, 11) is 0. The fourth-order valence-electron chi connectivity index (χ4n) is 2.21. The number of nitrogens with two attached hydrogens (primary N) is 1. The lowest BCUT2D eigenvalue weighted by Crippen LogP contribution is -2.44. The number of thioether (sulfide) groups is 1. The van der Waals surface area contributed by atoms with Crippen LogP contribution in [-0.2, 0) is 0 Å². The first kappa shape index (κ1) is 14.6. The SMILES string of the molecule is CC1CSCCN1C(=O)c1cccc([N+](=O)[O-])c1NN. The summed E-state index contributed by atoms with van der Waals surface area (Å²) in [6.45, 7) is 2.61. The van der Waals surface area contributed by atoms with E-state index in [9.17, 15) is 14.9 Å². The van der Waals surface area contributed by atoms with E-state index in [1.165, 1.54) is 12.1 Å². The number of nitrogens with zero attached hydrogens (tertiary/aromatic N) is 2. The van der Waals surface area contributed by atoms with Crippen LogP contribution in [0.25, 0.3) is 0 Å². The van der Waals surface area contributed by atoms with E-state index in [1.54, 1.807) is 22.7 Å². The molecule has 1 amide bonds. The summed E-state index contributed by atoms with van der Waals surface area (Å²) in [6, 6.07) is 4.47. The summed E-state index contributed by atoms with van der Waals surface area (Å²) in [6.07, 6.45) is 0. The second-order valence-electron chi connectivity index (χ2n) is 4.52. The van der Waals surface area contributed by atoms with Crippen LogP contribution in [0.5, 0.6) is 0 Å². The highest BCUT2D eigenvalue weighted by Gasteiger charge is 2.28. The third-order valence-corrected chi connectivity index (χ3v) is 4.43. The van der Waals surface area contributed by atoms with Crippen molar-refractivity contribution in [3.05, 3.63) is 33.9 Å². The predicted molar refractivity (Wildman–Crippen MR) is 78.7 cm³/mol. The van der Waals surface area contributed by atoms with E-state index < -0.39 is 4.92 Å². The molecule has 108 valence electrons. The zero-order valence-corrected chi connectivity index (χ0v) is 11.9. The number of anilines is 1. The first-order chi connectivity index (χ1) is 9.56. The molecule has 1 atom stereocenters. The van der Waals surface area contributed by atoms with Crippen LogP contribution in [0.4, 0.5) is 11.4 Å². The van der Waals surface area contributed by atoms with Crippen molar-refractivity contribution in [2.75, 3.05) is 23.5 Å². The standard InChI is InChI=1S/C12H16N4O3S/c1-8-7-20-6-5-15(8)12(17)9-3-2-4-10(16(18)19)11(9)14-13/h2-4,8,14H,5-7,13H2,1H3. The summed E-state index contributed by atoms with van der Waals surface area (Å²) < 4.78 is 0. The molecule has 3 N–H and O–H groups in total. The highest BCUT2D eigenvalue weighted by atomic mass is 32.2. The lowest BCUT2D eigenvalue weighted by atomic mass is 10.1. The van der Waals surface area contributed by atoms with Crippen molar-refractivity contribution in [2.24, 2.45) is 5.84 Å². The molecule has 0 radical (unpaired) electrons. The second kappa shape index (κ2) is 6.10. The minimum atomic E-state index is -0.554. The van der Waals surface area contributed by atoms with Crippen molar-refractivity contribution < 1.29 is 9.72 Å². The van der Waals surface area contributed by atoms with E-state index in [-0.39, 0.29) is 28.9 Å². The molecule has 20 heavy (non-hydrogen) atoms. The average molecular weight is 296 g/mol.